The minimum Gasteiger partial charge on any atom is -0.0531 e. The number of hydrogen-bond donors (Lipinski definition) is 0. The van der Waals surface area contributed by atoms with E-state index < -0.39 is 0 Å². The molecule has 0 unspecified atom stereocenters. The molecule has 0 radical (unpaired) electrons. The van der Waals surface area contributed by atoms with Crippen LogP contribution in [0.3, 0.4) is 0 Å². The largest absolute Gasteiger partial charge is 0.0531 e. The van der Waals surface area contributed by atoms with E-state index in [4.69, 9.17) is 0 Å². The second kappa shape index (κ2) is 5.34. The summed E-state index contributed by atoms with van der Waals surface area (Å²) < 4.78 is 4.26. The summed E-state index contributed by atoms with van der Waals surface area (Å²) in [5, 5.41) is 0. The summed E-state index contributed by atoms with van der Waals surface area (Å²) in [6, 6.07) is 12.4. The normalized spacial score (nSPS) is 10.5. The first-order valence-electron chi connectivity index (χ1n) is 4.48. The summed E-state index contributed by atoms with van der Waals surface area (Å²) in [5.74, 6) is 0. The fraction of sp³-hybridized carbons (Fsp3) is 0. The van der Waals surface area contributed by atoms with Crippen LogP contribution in [0.4, 0.5) is 0 Å². The van der Waals surface area contributed by atoms with Crippen molar-refractivity contribution in [2.75, 3.05) is 0 Å². The monoisotopic (exact) mass is 466 g/mol. The lowest BCUT2D eigenvalue weighted by atomic mass is 10.1. The lowest BCUT2D eigenvalue weighted by Gasteiger charge is -2.06. The van der Waals surface area contributed by atoms with Gasteiger partial charge in [-0.1, -0.05) is 44.0 Å². The maximum atomic E-state index is 3.57. The third-order valence-electron chi connectivity index (χ3n) is 2.16. The third kappa shape index (κ3) is 2.78. The first-order chi connectivity index (χ1) is 7.58. The van der Waals surface area contributed by atoms with E-state index in [1.54, 1.807) is 0 Å². The number of halogens is 4. The lowest BCUT2D eigenvalue weighted by Crippen LogP contribution is -1.81. The molecule has 2 aromatic carbocycles. The number of hydrogen-bond acceptors (Lipinski definition) is 0. The van der Waals surface area contributed by atoms with Crippen molar-refractivity contribution < 1.29 is 0 Å². The van der Waals surface area contributed by atoms with Gasteiger partial charge in [-0.05, 0) is 67.3 Å². The zero-order chi connectivity index (χ0) is 11.7. The summed E-state index contributed by atoms with van der Waals surface area (Å²) >= 11 is 14.0. The molecule has 0 bridgehead atoms. The first kappa shape index (κ1) is 12.8. The predicted molar refractivity (Wildman–Crippen MR) is 82.7 cm³/mol. The Labute approximate surface area is 128 Å². The Kier molecular flexibility index (Phi) is 4.27. The van der Waals surface area contributed by atoms with Crippen molar-refractivity contribution in [2.45, 2.75) is 0 Å². The molecule has 0 fully saturated rings. The Morgan fingerprint density at radius 1 is 0.625 bits per heavy atom. The average Bonchev–Trinajstić information content (AvgIpc) is 2.22. The molecule has 0 aromatic heterocycles. The minimum absolute atomic E-state index is 1.06. The zero-order valence-corrected chi connectivity index (χ0v) is 14.3. The molecule has 0 spiro atoms. The summed E-state index contributed by atoms with van der Waals surface area (Å²) in [4.78, 5) is 0. The highest BCUT2D eigenvalue weighted by molar-refractivity contribution is 9.13. The van der Waals surface area contributed by atoms with Crippen molar-refractivity contribution in [3.63, 3.8) is 0 Å². The molecule has 2 aromatic rings. The van der Waals surface area contributed by atoms with Crippen molar-refractivity contribution in [1.29, 1.82) is 0 Å². The van der Waals surface area contributed by atoms with Crippen LogP contribution in [0.2, 0.25) is 0 Å². The van der Waals surface area contributed by atoms with Crippen molar-refractivity contribution in [1.82, 2.24) is 0 Å². The average molecular weight is 470 g/mol. The Morgan fingerprint density at radius 2 is 1.38 bits per heavy atom. The molecule has 0 amide bonds. The highest BCUT2D eigenvalue weighted by Crippen LogP contribution is 2.34. The molecule has 82 valence electrons. The Hall–Kier alpha value is 0.360. The maximum Gasteiger partial charge on any atom is 0.0323 e. The van der Waals surface area contributed by atoms with Gasteiger partial charge in [-0.2, -0.15) is 0 Å². The predicted octanol–water partition coefficient (Wildman–Crippen LogP) is 6.40. The second-order valence-corrected chi connectivity index (χ2v) is 6.73. The maximum absolute atomic E-state index is 3.57. The third-order valence-corrected chi connectivity index (χ3v) is 5.19. The molecule has 0 saturated carbocycles. The molecular weight excluding hydrogens is 464 g/mol. The van der Waals surface area contributed by atoms with Crippen LogP contribution in [0.1, 0.15) is 0 Å². The van der Waals surface area contributed by atoms with Gasteiger partial charge in [0.15, 0.2) is 0 Å². The smallest absolute Gasteiger partial charge is 0.0323 e. The van der Waals surface area contributed by atoms with Gasteiger partial charge in [-0.25, -0.2) is 0 Å². The molecule has 0 atom stereocenters. The Morgan fingerprint density at radius 3 is 2.00 bits per heavy atom. The minimum atomic E-state index is 1.06. The van der Waals surface area contributed by atoms with Crippen molar-refractivity contribution in [3.05, 3.63) is 54.3 Å². The molecule has 0 nitrogen and oxygen atoms in total. The summed E-state index contributed by atoms with van der Waals surface area (Å²) in [5.41, 5.74) is 2.35. The highest BCUT2D eigenvalue weighted by Gasteiger charge is 2.05. The standard InChI is InChI=1S/C12H6Br4/c13-8-2-3-9(11(15)6-8)7-1-4-10(14)12(16)5-7/h1-6H. The van der Waals surface area contributed by atoms with E-state index in [0.29, 0.717) is 0 Å². The quantitative estimate of drug-likeness (QED) is 0.453. The van der Waals surface area contributed by atoms with Gasteiger partial charge >= 0.3 is 0 Å². The van der Waals surface area contributed by atoms with Gasteiger partial charge in [-0.3, -0.25) is 0 Å². The molecule has 4 heteroatoms. The molecular formula is C12H6Br4. The van der Waals surface area contributed by atoms with Crippen molar-refractivity contribution in [3.8, 4) is 11.1 Å². The molecule has 0 N–H and O–H groups in total. The SMILES string of the molecule is Brc1ccc(-c2ccc(Br)c(Br)c2)c(Br)c1. The number of benzene rings is 2. The lowest BCUT2D eigenvalue weighted by molar-refractivity contribution is 1.52. The molecule has 16 heavy (non-hydrogen) atoms. The van der Waals surface area contributed by atoms with Crippen LogP contribution in [0.25, 0.3) is 11.1 Å². The van der Waals surface area contributed by atoms with Crippen LogP contribution < -0.4 is 0 Å². The van der Waals surface area contributed by atoms with Crippen molar-refractivity contribution in [2.24, 2.45) is 0 Å². The molecule has 0 heterocycles. The van der Waals surface area contributed by atoms with E-state index in [2.05, 4.69) is 81.9 Å². The number of rotatable bonds is 1. The molecule has 2 rings (SSSR count). The van der Waals surface area contributed by atoms with Gasteiger partial charge in [0, 0.05) is 17.9 Å². The van der Waals surface area contributed by atoms with E-state index in [9.17, 15) is 0 Å². The molecule has 0 aliphatic rings. The van der Waals surface area contributed by atoms with Gasteiger partial charge in [0.2, 0.25) is 0 Å². The van der Waals surface area contributed by atoms with E-state index >= 15 is 0 Å². The van der Waals surface area contributed by atoms with Crippen LogP contribution in [-0.2, 0) is 0 Å². The van der Waals surface area contributed by atoms with Crippen LogP contribution in [0, 0.1) is 0 Å². The van der Waals surface area contributed by atoms with E-state index in [1.807, 2.05) is 18.2 Å². The fourth-order valence-corrected chi connectivity index (χ4v) is 3.29. The Balaban J connectivity index is 2.54. The van der Waals surface area contributed by atoms with Gasteiger partial charge < -0.3 is 0 Å². The van der Waals surface area contributed by atoms with Gasteiger partial charge in [0.05, 0.1) is 0 Å². The van der Waals surface area contributed by atoms with E-state index in [0.717, 1.165) is 17.9 Å². The van der Waals surface area contributed by atoms with Crippen LogP contribution in [0.15, 0.2) is 54.3 Å². The van der Waals surface area contributed by atoms with Crippen LogP contribution in [0.5, 0.6) is 0 Å². The van der Waals surface area contributed by atoms with E-state index in [-0.39, 0.29) is 0 Å². The van der Waals surface area contributed by atoms with E-state index in [1.165, 1.54) is 11.1 Å². The fourth-order valence-electron chi connectivity index (χ4n) is 1.39. The van der Waals surface area contributed by atoms with Crippen molar-refractivity contribution >= 4 is 63.7 Å². The Bertz CT molecular complexity index is 535. The summed E-state index contributed by atoms with van der Waals surface area (Å²) in [7, 11) is 0. The van der Waals surface area contributed by atoms with Gasteiger partial charge in [-0.15, -0.1) is 0 Å². The molecule has 0 aliphatic heterocycles. The molecule has 0 aliphatic carbocycles. The first-order valence-corrected chi connectivity index (χ1v) is 7.65. The van der Waals surface area contributed by atoms with Crippen LogP contribution in [-0.4, -0.2) is 0 Å². The van der Waals surface area contributed by atoms with Gasteiger partial charge in [0.25, 0.3) is 0 Å². The van der Waals surface area contributed by atoms with Gasteiger partial charge in [0.1, 0.15) is 0 Å². The second-order valence-electron chi connectivity index (χ2n) is 3.25. The summed E-state index contributed by atoms with van der Waals surface area (Å²) in [6.45, 7) is 0. The topological polar surface area (TPSA) is 0 Å². The summed E-state index contributed by atoms with van der Waals surface area (Å²) in [6.07, 6.45) is 0. The molecule has 0 saturated heterocycles. The van der Waals surface area contributed by atoms with Crippen LogP contribution >= 0.6 is 63.7 Å². The zero-order valence-electron chi connectivity index (χ0n) is 7.98. The highest BCUT2D eigenvalue weighted by atomic mass is 79.9.